The van der Waals surface area contributed by atoms with Gasteiger partial charge in [-0.1, -0.05) is 24.4 Å². The van der Waals surface area contributed by atoms with Crippen LogP contribution < -0.4 is 10.6 Å². The Hall–Kier alpha value is -2.18. The van der Waals surface area contributed by atoms with E-state index in [1.165, 1.54) is 38.5 Å². The minimum absolute atomic E-state index is 0.396. The van der Waals surface area contributed by atoms with E-state index in [1.807, 2.05) is 24.4 Å². The molecule has 0 atom stereocenters. The van der Waals surface area contributed by atoms with Crippen molar-refractivity contribution in [2.75, 3.05) is 5.32 Å². The number of pyridine rings is 1. The Balaban J connectivity index is 1.26. The predicted molar refractivity (Wildman–Crippen MR) is 117 cm³/mol. The molecule has 0 spiro atoms. The number of aromatic amines is 1. The summed E-state index contributed by atoms with van der Waals surface area (Å²) in [7, 11) is 0. The maximum Gasteiger partial charge on any atom is 0.224 e. The molecule has 0 bridgehead atoms. The predicted octanol–water partition coefficient (Wildman–Crippen LogP) is 4.93. The Morgan fingerprint density at radius 1 is 0.966 bits per heavy atom. The summed E-state index contributed by atoms with van der Waals surface area (Å²) < 4.78 is 0. The summed E-state index contributed by atoms with van der Waals surface area (Å²) >= 11 is 6.33. The molecular weight excluding hydrogens is 384 g/mol. The standard InChI is InChI=1S/C22H27ClN6/c23-20-12-19(18-13-25-21-17(18)6-3-11-24-21)28-22(29-20)27-16-9-7-15(8-10-16)26-14-4-1-2-5-14/h3,6,11-16,26H,1-2,4-5,7-10H2,(H,24,25)(H,27,28,29)/t15-,16-. The first-order valence-corrected chi connectivity index (χ1v) is 11.1. The maximum atomic E-state index is 6.33. The van der Waals surface area contributed by atoms with Crippen LogP contribution >= 0.6 is 11.6 Å². The van der Waals surface area contributed by atoms with Crippen molar-refractivity contribution in [1.29, 1.82) is 0 Å². The Bertz CT molecular complexity index is 972. The lowest BCUT2D eigenvalue weighted by Crippen LogP contribution is -2.41. The average molecular weight is 411 g/mol. The lowest BCUT2D eigenvalue weighted by Gasteiger charge is -2.31. The second kappa shape index (κ2) is 8.28. The number of anilines is 1. The second-order valence-electron chi connectivity index (χ2n) is 8.34. The van der Waals surface area contributed by atoms with Crippen molar-refractivity contribution in [2.45, 2.75) is 69.5 Å². The number of fused-ring (bicyclic) bond motifs is 1. The van der Waals surface area contributed by atoms with Crippen LogP contribution in [-0.4, -0.2) is 38.1 Å². The lowest BCUT2D eigenvalue weighted by molar-refractivity contribution is 0.322. The number of aromatic nitrogens is 4. The highest BCUT2D eigenvalue weighted by molar-refractivity contribution is 6.29. The highest BCUT2D eigenvalue weighted by Crippen LogP contribution is 2.29. The normalized spacial score (nSPS) is 22.9. The van der Waals surface area contributed by atoms with Gasteiger partial charge in [-0.05, 0) is 50.7 Å². The number of halogens is 1. The van der Waals surface area contributed by atoms with Crippen LogP contribution in [-0.2, 0) is 0 Å². The molecule has 2 fully saturated rings. The Morgan fingerprint density at radius 3 is 2.55 bits per heavy atom. The van der Waals surface area contributed by atoms with Gasteiger partial charge in [0.1, 0.15) is 10.8 Å². The van der Waals surface area contributed by atoms with Crippen molar-refractivity contribution in [3.05, 3.63) is 35.7 Å². The summed E-state index contributed by atoms with van der Waals surface area (Å²) in [5, 5.41) is 8.88. The smallest absolute Gasteiger partial charge is 0.224 e. The minimum atomic E-state index is 0.396. The molecule has 0 amide bonds. The van der Waals surface area contributed by atoms with Crippen molar-refractivity contribution in [3.63, 3.8) is 0 Å². The zero-order valence-electron chi connectivity index (χ0n) is 16.5. The SMILES string of the molecule is Clc1cc(-c2c[nH]c3ncccc23)nc(N[C@H]2CC[C@H](NC3CCCC3)CC2)n1. The van der Waals surface area contributed by atoms with E-state index in [-0.39, 0.29) is 0 Å². The molecule has 3 aromatic rings. The molecule has 2 aliphatic carbocycles. The average Bonchev–Trinajstić information content (AvgIpc) is 3.39. The van der Waals surface area contributed by atoms with Crippen LogP contribution in [0.1, 0.15) is 51.4 Å². The van der Waals surface area contributed by atoms with Gasteiger partial charge in [0.25, 0.3) is 0 Å². The van der Waals surface area contributed by atoms with E-state index in [1.54, 1.807) is 6.20 Å². The number of nitrogens with zero attached hydrogens (tertiary/aromatic N) is 3. The van der Waals surface area contributed by atoms with Crippen LogP contribution in [0.4, 0.5) is 5.95 Å². The van der Waals surface area contributed by atoms with Gasteiger partial charge in [0.15, 0.2) is 0 Å². The summed E-state index contributed by atoms with van der Waals surface area (Å²) in [6.45, 7) is 0. The third-order valence-electron chi connectivity index (χ3n) is 6.31. The minimum Gasteiger partial charge on any atom is -0.351 e. The molecule has 0 radical (unpaired) electrons. The molecular formula is C22H27ClN6. The summed E-state index contributed by atoms with van der Waals surface area (Å²) in [6, 6.07) is 7.58. The lowest BCUT2D eigenvalue weighted by atomic mass is 9.90. The van der Waals surface area contributed by atoms with Gasteiger partial charge in [0.2, 0.25) is 5.95 Å². The van der Waals surface area contributed by atoms with Crippen LogP contribution in [0.3, 0.4) is 0 Å². The molecule has 7 heteroatoms. The second-order valence-corrected chi connectivity index (χ2v) is 8.73. The van der Waals surface area contributed by atoms with Gasteiger partial charge in [-0.2, -0.15) is 0 Å². The van der Waals surface area contributed by atoms with Crippen molar-refractivity contribution < 1.29 is 0 Å². The largest absolute Gasteiger partial charge is 0.351 e. The summed E-state index contributed by atoms with van der Waals surface area (Å²) in [6.07, 6.45) is 13.8. The van der Waals surface area contributed by atoms with E-state index in [4.69, 9.17) is 16.6 Å². The number of nitrogens with one attached hydrogen (secondary N) is 3. The first-order chi connectivity index (χ1) is 14.2. The first kappa shape index (κ1) is 18.8. The summed E-state index contributed by atoms with van der Waals surface area (Å²) in [5.74, 6) is 0.609. The zero-order valence-corrected chi connectivity index (χ0v) is 17.3. The van der Waals surface area contributed by atoms with Crippen LogP contribution in [0.2, 0.25) is 5.15 Å². The maximum absolute atomic E-state index is 6.33. The molecule has 3 aromatic heterocycles. The van der Waals surface area contributed by atoms with E-state index < -0.39 is 0 Å². The quantitative estimate of drug-likeness (QED) is 0.520. The Labute approximate surface area is 175 Å². The van der Waals surface area contributed by atoms with Crippen molar-refractivity contribution in [2.24, 2.45) is 0 Å². The number of H-pyrrole nitrogens is 1. The summed E-state index contributed by atoms with van der Waals surface area (Å²) in [4.78, 5) is 16.7. The van der Waals surface area contributed by atoms with Crippen LogP contribution in [0.5, 0.6) is 0 Å². The third kappa shape index (κ3) is 4.23. The molecule has 152 valence electrons. The van der Waals surface area contributed by atoms with Gasteiger partial charge in [0, 0.05) is 47.5 Å². The van der Waals surface area contributed by atoms with E-state index >= 15 is 0 Å². The fourth-order valence-electron chi connectivity index (χ4n) is 4.80. The van der Waals surface area contributed by atoms with Crippen molar-refractivity contribution >= 4 is 28.6 Å². The van der Waals surface area contributed by atoms with Gasteiger partial charge in [-0.15, -0.1) is 0 Å². The van der Waals surface area contributed by atoms with Crippen molar-refractivity contribution in [3.8, 4) is 11.3 Å². The molecule has 0 aliphatic heterocycles. The highest BCUT2D eigenvalue weighted by Gasteiger charge is 2.25. The molecule has 0 saturated heterocycles. The summed E-state index contributed by atoms with van der Waals surface area (Å²) in [5.41, 5.74) is 2.65. The number of rotatable bonds is 5. The molecule has 2 saturated carbocycles. The van der Waals surface area contributed by atoms with E-state index in [0.29, 0.717) is 23.2 Å². The molecule has 3 heterocycles. The van der Waals surface area contributed by atoms with E-state index in [2.05, 4.69) is 25.6 Å². The molecule has 6 nitrogen and oxygen atoms in total. The highest BCUT2D eigenvalue weighted by atomic mass is 35.5. The fourth-order valence-corrected chi connectivity index (χ4v) is 4.98. The van der Waals surface area contributed by atoms with E-state index in [9.17, 15) is 0 Å². The molecule has 3 N–H and O–H groups in total. The van der Waals surface area contributed by atoms with Crippen LogP contribution in [0.15, 0.2) is 30.6 Å². The molecule has 5 rings (SSSR count). The van der Waals surface area contributed by atoms with Crippen LogP contribution in [0, 0.1) is 0 Å². The molecule has 0 unspecified atom stereocenters. The van der Waals surface area contributed by atoms with Gasteiger partial charge >= 0.3 is 0 Å². The third-order valence-corrected chi connectivity index (χ3v) is 6.50. The zero-order chi connectivity index (χ0) is 19.6. The topological polar surface area (TPSA) is 78.5 Å². The van der Waals surface area contributed by atoms with Gasteiger partial charge in [-0.25, -0.2) is 15.0 Å². The molecule has 2 aliphatic rings. The number of hydrogen-bond donors (Lipinski definition) is 3. The fraction of sp³-hybridized carbons (Fsp3) is 0.500. The van der Waals surface area contributed by atoms with Crippen LogP contribution in [0.25, 0.3) is 22.3 Å². The van der Waals surface area contributed by atoms with Gasteiger partial charge < -0.3 is 15.6 Å². The van der Waals surface area contributed by atoms with Crippen molar-refractivity contribution in [1.82, 2.24) is 25.3 Å². The van der Waals surface area contributed by atoms with Gasteiger partial charge in [0.05, 0.1) is 5.69 Å². The monoisotopic (exact) mass is 410 g/mol. The Morgan fingerprint density at radius 2 is 1.72 bits per heavy atom. The van der Waals surface area contributed by atoms with E-state index in [0.717, 1.165) is 41.2 Å². The molecule has 29 heavy (non-hydrogen) atoms. The molecule has 0 aromatic carbocycles. The van der Waals surface area contributed by atoms with Gasteiger partial charge in [-0.3, -0.25) is 0 Å². The Kier molecular flexibility index (Phi) is 5.38. The first-order valence-electron chi connectivity index (χ1n) is 10.7. The number of hydrogen-bond acceptors (Lipinski definition) is 5.